The molecule has 0 aliphatic carbocycles. The first-order chi connectivity index (χ1) is 17.4. The van der Waals surface area contributed by atoms with Crippen molar-refractivity contribution in [3.8, 4) is 0 Å². The van der Waals surface area contributed by atoms with Gasteiger partial charge in [-0.1, -0.05) is 66.7 Å². The highest BCUT2D eigenvalue weighted by molar-refractivity contribution is 5.87. The number of rotatable bonds is 6. The van der Waals surface area contributed by atoms with Crippen LogP contribution in [0.3, 0.4) is 0 Å². The molecule has 36 heavy (non-hydrogen) atoms. The first kappa shape index (κ1) is 24.1. The van der Waals surface area contributed by atoms with Gasteiger partial charge < -0.3 is 14.2 Å². The number of nitrogens with zero attached hydrogens (tertiary/aromatic N) is 2. The molecule has 0 N–H and O–H groups in total. The highest BCUT2D eigenvalue weighted by Crippen LogP contribution is 2.38. The fraction of sp³-hybridized carbons (Fsp3) is 0.276. The minimum Gasteiger partial charge on any atom is -0.378 e. The number of fused-ring (bicyclic) bond motifs is 1. The van der Waals surface area contributed by atoms with E-state index < -0.39 is 17.7 Å². The number of hydrogen-bond donors (Lipinski definition) is 0. The maximum absolute atomic E-state index is 13.6. The number of carbonyl (C=O) groups is 1. The summed E-state index contributed by atoms with van der Waals surface area (Å²) in [7, 11) is 0. The monoisotopic (exact) mass is 492 g/mol. The third kappa shape index (κ3) is 5.16. The van der Waals surface area contributed by atoms with E-state index in [1.165, 1.54) is 12.1 Å². The topological polar surface area (TPSA) is 34.5 Å². The average Bonchev–Trinajstić information content (AvgIpc) is 3.26. The highest BCUT2D eigenvalue weighted by Gasteiger charge is 2.32. The number of morpholine rings is 1. The largest absolute Gasteiger partial charge is 0.416 e. The maximum Gasteiger partial charge on any atom is 0.416 e. The summed E-state index contributed by atoms with van der Waals surface area (Å²) < 4.78 is 48.3. The number of hydrogen-bond acceptors (Lipinski definition) is 2. The zero-order valence-corrected chi connectivity index (χ0v) is 19.7. The summed E-state index contributed by atoms with van der Waals surface area (Å²) in [5, 5.41) is 0.936. The van der Waals surface area contributed by atoms with Crippen molar-refractivity contribution in [1.29, 1.82) is 0 Å². The molecular formula is C29H27F3N2O2. The molecule has 0 bridgehead atoms. The zero-order chi connectivity index (χ0) is 25.1. The number of halogens is 3. The lowest BCUT2D eigenvalue weighted by Gasteiger charge is -2.29. The number of benzene rings is 3. The molecule has 5 rings (SSSR count). The number of ether oxygens (including phenoxy) is 1. The first-order valence-corrected chi connectivity index (χ1v) is 12.0. The summed E-state index contributed by atoms with van der Waals surface area (Å²) in [5.74, 6) is -0.606. The van der Waals surface area contributed by atoms with Crippen LogP contribution in [0.5, 0.6) is 0 Å². The van der Waals surface area contributed by atoms with Crippen molar-refractivity contribution in [3.63, 3.8) is 0 Å². The molecule has 1 aliphatic heterocycles. The number of alkyl halides is 3. The highest BCUT2D eigenvalue weighted by atomic mass is 19.4. The fourth-order valence-corrected chi connectivity index (χ4v) is 4.92. The predicted molar refractivity (Wildman–Crippen MR) is 133 cm³/mol. The van der Waals surface area contributed by atoms with Gasteiger partial charge >= 0.3 is 6.18 Å². The van der Waals surface area contributed by atoms with Crippen molar-refractivity contribution in [2.45, 2.75) is 25.1 Å². The Balaban J connectivity index is 1.59. The fourth-order valence-electron chi connectivity index (χ4n) is 4.92. The van der Waals surface area contributed by atoms with Crippen molar-refractivity contribution in [2.24, 2.45) is 0 Å². The van der Waals surface area contributed by atoms with E-state index >= 15 is 0 Å². The van der Waals surface area contributed by atoms with Crippen LogP contribution in [0, 0.1) is 0 Å². The summed E-state index contributed by atoms with van der Waals surface area (Å²) in [6.45, 7) is 2.54. The molecule has 4 nitrogen and oxygen atoms in total. The third-order valence-corrected chi connectivity index (χ3v) is 6.75. The van der Waals surface area contributed by atoms with Gasteiger partial charge in [-0.3, -0.25) is 4.79 Å². The van der Waals surface area contributed by atoms with Crippen molar-refractivity contribution in [1.82, 2.24) is 9.47 Å². The van der Waals surface area contributed by atoms with Gasteiger partial charge in [0, 0.05) is 49.1 Å². The van der Waals surface area contributed by atoms with Crippen molar-refractivity contribution in [2.75, 3.05) is 26.3 Å². The second-order valence-corrected chi connectivity index (χ2v) is 9.09. The predicted octanol–water partition coefficient (Wildman–Crippen LogP) is 6.09. The lowest BCUT2D eigenvalue weighted by molar-refractivity contribution is -0.137. The standard InChI is InChI=1S/C29H27F3N2O2/c30-29(31,32)23-10-6-9-22(17-23)25(18-28(35)33-13-15-36-16-14-33)26-20-34(19-21-7-2-1-3-8-21)27-12-5-4-11-24(26)27/h1-12,17,20,25H,13-16,18-19H2. The van der Waals surface area contributed by atoms with Crippen LogP contribution >= 0.6 is 0 Å². The average molecular weight is 493 g/mol. The zero-order valence-electron chi connectivity index (χ0n) is 19.7. The molecule has 0 radical (unpaired) electrons. The summed E-state index contributed by atoms with van der Waals surface area (Å²) in [6.07, 6.45) is -2.38. The van der Waals surface area contributed by atoms with E-state index in [2.05, 4.69) is 4.57 Å². The Morgan fingerprint density at radius 2 is 1.64 bits per heavy atom. The molecule has 186 valence electrons. The van der Waals surface area contributed by atoms with Crippen LogP contribution in [-0.4, -0.2) is 41.7 Å². The SMILES string of the molecule is O=C(CC(c1cccc(C(F)(F)F)c1)c1cn(Cc2ccccc2)c2ccccc12)N1CCOCC1. The number of para-hydroxylation sites is 1. The number of aromatic nitrogens is 1. The van der Waals surface area contributed by atoms with Gasteiger partial charge in [0.1, 0.15) is 0 Å². The molecule has 3 aromatic carbocycles. The van der Waals surface area contributed by atoms with Crippen molar-refractivity contribution >= 4 is 16.8 Å². The first-order valence-electron chi connectivity index (χ1n) is 12.0. The number of amides is 1. The summed E-state index contributed by atoms with van der Waals surface area (Å²) >= 11 is 0. The van der Waals surface area contributed by atoms with Crippen LogP contribution in [0.2, 0.25) is 0 Å². The summed E-state index contributed by atoms with van der Waals surface area (Å²) in [6, 6.07) is 23.2. The third-order valence-electron chi connectivity index (χ3n) is 6.75. The van der Waals surface area contributed by atoms with Crippen LogP contribution in [0.1, 0.15) is 34.6 Å². The molecule has 1 unspecified atom stereocenters. The Hall–Kier alpha value is -3.58. The molecule has 0 saturated carbocycles. The Labute approximate surface area is 207 Å². The second kappa shape index (κ2) is 10.2. The molecule has 7 heteroatoms. The van der Waals surface area contributed by atoms with E-state index in [0.29, 0.717) is 38.4 Å². The maximum atomic E-state index is 13.6. The van der Waals surface area contributed by atoms with E-state index in [0.717, 1.165) is 28.1 Å². The van der Waals surface area contributed by atoms with Gasteiger partial charge in [0.05, 0.1) is 18.8 Å². The molecule has 1 aliphatic rings. The molecule has 0 spiro atoms. The van der Waals surface area contributed by atoms with Gasteiger partial charge in [-0.25, -0.2) is 0 Å². The van der Waals surface area contributed by atoms with Gasteiger partial charge in [0.15, 0.2) is 0 Å². The molecule has 1 aromatic heterocycles. The van der Waals surface area contributed by atoms with Gasteiger partial charge in [-0.2, -0.15) is 13.2 Å². The Morgan fingerprint density at radius 1 is 0.917 bits per heavy atom. The summed E-state index contributed by atoms with van der Waals surface area (Å²) in [5.41, 5.74) is 2.71. The van der Waals surface area contributed by atoms with E-state index in [1.807, 2.05) is 60.8 Å². The quantitative estimate of drug-likeness (QED) is 0.327. The smallest absolute Gasteiger partial charge is 0.378 e. The van der Waals surface area contributed by atoms with Crippen LogP contribution in [0.4, 0.5) is 13.2 Å². The van der Waals surface area contributed by atoms with E-state index in [9.17, 15) is 18.0 Å². The van der Waals surface area contributed by atoms with Gasteiger partial charge in [-0.15, -0.1) is 0 Å². The molecule has 4 aromatic rings. The Kier molecular flexibility index (Phi) is 6.83. The number of carbonyl (C=O) groups excluding carboxylic acids is 1. The molecule has 1 saturated heterocycles. The second-order valence-electron chi connectivity index (χ2n) is 9.09. The molecular weight excluding hydrogens is 465 g/mol. The van der Waals surface area contributed by atoms with Crippen molar-refractivity contribution in [3.05, 3.63) is 107 Å². The molecule has 1 amide bonds. The van der Waals surface area contributed by atoms with Crippen LogP contribution < -0.4 is 0 Å². The van der Waals surface area contributed by atoms with Crippen LogP contribution in [0.25, 0.3) is 10.9 Å². The van der Waals surface area contributed by atoms with Gasteiger partial charge in [0.25, 0.3) is 0 Å². The van der Waals surface area contributed by atoms with Crippen molar-refractivity contribution < 1.29 is 22.7 Å². The minimum atomic E-state index is -4.46. The molecule has 1 atom stereocenters. The lowest BCUT2D eigenvalue weighted by atomic mass is 9.87. The Bertz CT molecular complexity index is 1340. The summed E-state index contributed by atoms with van der Waals surface area (Å²) in [4.78, 5) is 15.1. The van der Waals surface area contributed by atoms with Gasteiger partial charge in [-0.05, 0) is 28.8 Å². The van der Waals surface area contributed by atoms with Gasteiger partial charge in [0.2, 0.25) is 5.91 Å². The van der Waals surface area contributed by atoms with E-state index in [-0.39, 0.29) is 12.3 Å². The molecule has 1 fully saturated rings. The van der Waals surface area contributed by atoms with E-state index in [4.69, 9.17) is 4.74 Å². The van der Waals surface area contributed by atoms with E-state index in [1.54, 1.807) is 11.0 Å². The normalized spacial score (nSPS) is 15.2. The lowest BCUT2D eigenvalue weighted by Crippen LogP contribution is -2.41. The molecule has 2 heterocycles. The van der Waals surface area contributed by atoms with Crippen LogP contribution in [-0.2, 0) is 22.3 Å². The minimum absolute atomic E-state index is 0.0828. The Morgan fingerprint density at radius 3 is 2.39 bits per heavy atom. The van der Waals surface area contributed by atoms with Crippen LogP contribution in [0.15, 0.2) is 85.1 Å².